The van der Waals surface area contributed by atoms with Crippen molar-refractivity contribution in [3.05, 3.63) is 54.3 Å². The van der Waals surface area contributed by atoms with Crippen molar-refractivity contribution in [1.29, 1.82) is 0 Å². The third-order valence-electron chi connectivity index (χ3n) is 2.91. The number of nitrogens with zero attached hydrogens (tertiary/aromatic N) is 4. The Labute approximate surface area is 128 Å². The van der Waals surface area contributed by atoms with Gasteiger partial charge in [0.2, 0.25) is 5.82 Å². The molecule has 0 aliphatic rings. The molecule has 0 saturated heterocycles. The van der Waals surface area contributed by atoms with Crippen LogP contribution in [0.5, 0.6) is 0 Å². The zero-order valence-corrected chi connectivity index (χ0v) is 11.6. The Morgan fingerprint density at radius 1 is 1.09 bits per heavy atom. The van der Waals surface area contributed by atoms with E-state index in [1.165, 1.54) is 6.20 Å². The van der Waals surface area contributed by atoms with Crippen LogP contribution in [0, 0.1) is 0 Å². The molecule has 23 heavy (non-hydrogen) atoms. The molecule has 0 spiro atoms. The lowest BCUT2D eigenvalue weighted by Gasteiger charge is -2.05. The lowest BCUT2D eigenvalue weighted by Crippen LogP contribution is -2.04. The number of halogens is 3. The van der Waals surface area contributed by atoms with Crippen LogP contribution in [0.25, 0.3) is 11.4 Å². The van der Waals surface area contributed by atoms with E-state index in [0.29, 0.717) is 17.9 Å². The molecule has 118 valence electrons. The van der Waals surface area contributed by atoms with Crippen molar-refractivity contribution in [2.75, 3.05) is 5.32 Å². The molecule has 0 unspecified atom stereocenters. The minimum Gasteiger partial charge on any atom is -0.366 e. The second-order valence-corrected chi connectivity index (χ2v) is 4.56. The van der Waals surface area contributed by atoms with E-state index in [1.54, 1.807) is 24.5 Å². The number of alkyl halides is 3. The van der Waals surface area contributed by atoms with Gasteiger partial charge in [-0.15, -0.1) is 0 Å². The molecule has 0 aliphatic carbocycles. The minimum atomic E-state index is -4.66. The van der Waals surface area contributed by atoms with Gasteiger partial charge in [-0.25, -0.2) is 4.98 Å². The number of rotatable bonds is 4. The normalized spacial score (nSPS) is 11.4. The summed E-state index contributed by atoms with van der Waals surface area (Å²) in [5.41, 5.74) is 1.36. The van der Waals surface area contributed by atoms with Crippen LogP contribution in [0.4, 0.5) is 19.0 Å². The quantitative estimate of drug-likeness (QED) is 0.795. The molecule has 0 atom stereocenters. The maximum atomic E-state index is 12.4. The van der Waals surface area contributed by atoms with Gasteiger partial charge in [0.15, 0.2) is 0 Å². The fraction of sp³-hybridized carbons (Fsp3) is 0.143. The fourth-order valence-corrected chi connectivity index (χ4v) is 1.78. The average Bonchev–Trinajstić information content (AvgIpc) is 3.05. The summed E-state index contributed by atoms with van der Waals surface area (Å²) in [7, 11) is 0. The highest BCUT2D eigenvalue weighted by Gasteiger charge is 2.38. The summed E-state index contributed by atoms with van der Waals surface area (Å²) in [4.78, 5) is 11.3. The number of nitrogens with one attached hydrogen (secondary N) is 1. The van der Waals surface area contributed by atoms with Gasteiger partial charge in [0.25, 0.3) is 0 Å². The predicted molar refractivity (Wildman–Crippen MR) is 74.1 cm³/mol. The first kappa shape index (κ1) is 14.9. The highest BCUT2D eigenvalue weighted by atomic mass is 19.4. The summed E-state index contributed by atoms with van der Waals surface area (Å²) in [5, 5.41) is 6.39. The van der Waals surface area contributed by atoms with Crippen LogP contribution in [-0.2, 0) is 12.7 Å². The smallest absolute Gasteiger partial charge is 0.366 e. The van der Waals surface area contributed by atoms with Crippen LogP contribution in [0.1, 0.15) is 11.5 Å². The van der Waals surface area contributed by atoms with E-state index in [1.807, 2.05) is 12.1 Å². The number of hydrogen-bond donors (Lipinski definition) is 1. The SMILES string of the molecule is FC(F)(F)c1nc(-c2ccc(NCc3ccncc3)nc2)no1. The van der Waals surface area contributed by atoms with Gasteiger partial charge in [-0.3, -0.25) is 4.98 Å². The van der Waals surface area contributed by atoms with Crippen LogP contribution in [0.15, 0.2) is 47.4 Å². The maximum absolute atomic E-state index is 12.4. The van der Waals surface area contributed by atoms with Gasteiger partial charge in [0.05, 0.1) is 0 Å². The van der Waals surface area contributed by atoms with Crippen molar-refractivity contribution >= 4 is 5.82 Å². The molecule has 0 aliphatic heterocycles. The summed E-state index contributed by atoms with van der Waals surface area (Å²) >= 11 is 0. The molecule has 0 bridgehead atoms. The first-order chi connectivity index (χ1) is 11.0. The Hall–Kier alpha value is -2.97. The molecule has 6 nitrogen and oxygen atoms in total. The predicted octanol–water partition coefficient (Wildman–Crippen LogP) is 3.16. The lowest BCUT2D eigenvalue weighted by atomic mass is 10.2. The first-order valence-electron chi connectivity index (χ1n) is 6.52. The Balaban J connectivity index is 1.68. The van der Waals surface area contributed by atoms with E-state index in [4.69, 9.17) is 0 Å². The summed E-state index contributed by atoms with van der Waals surface area (Å²) in [6, 6.07) is 6.91. The van der Waals surface area contributed by atoms with Gasteiger partial charge in [-0.1, -0.05) is 5.16 Å². The lowest BCUT2D eigenvalue weighted by molar-refractivity contribution is -0.159. The van der Waals surface area contributed by atoms with Gasteiger partial charge in [0.1, 0.15) is 5.82 Å². The number of hydrogen-bond acceptors (Lipinski definition) is 6. The summed E-state index contributed by atoms with van der Waals surface area (Å²) in [6.07, 6.45) is 0.0780. The molecule has 0 saturated carbocycles. The van der Waals surface area contributed by atoms with Crippen molar-refractivity contribution in [3.8, 4) is 11.4 Å². The van der Waals surface area contributed by atoms with E-state index in [-0.39, 0.29) is 5.82 Å². The van der Waals surface area contributed by atoms with Crippen molar-refractivity contribution < 1.29 is 17.7 Å². The van der Waals surface area contributed by atoms with Crippen molar-refractivity contribution in [2.45, 2.75) is 12.7 Å². The van der Waals surface area contributed by atoms with E-state index < -0.39 is 12.1 Å². The largest absolute Gasteiger partial charge is 0.471 e. The third kappa shape index (κ3) is 3.62. The number of anilines is 1. The Morgan fingerprint density at radius 2 is 1.87 bits per heavy atom. The van der Waals surface area contributed by atoms with Crippen molar-refractivity contribution in [2.24, 2.45) is 0 Å². The zero-order chi connectivity index (χ0) is 16.3. The summed E-state index contributed by atoms with van der Waals surface area (Å²) in [5.74, 6) is -0.969. The fourth-order valence-electron chi connectivity index (χ4n) is 1.78. The van der Waals surface area contributed by atoms with Gasteiger partial charge in [0, 0.05) is 30.7 Å². The molecule has 3 aromatic rings. The zero-order valence-electron chi connectivity index (χ0n) is 11.6. The van der Waals surface area contributed by atoms with Crippen LogP contribution in [0.2, 0.25) is 0 Å². The first-order valence-corrected chi connectivity index (χ1v) is 6.52. The second-order valence-electron chi connectivity index (χ2n) is 4.56. The topological polar surface area (TPSA) is 76.7 Å². The van der Waals surface area contributed by atoms with Crippen LogP contribution < -0.4 is 5.32 Å². The molecule has 1 N–H and O–H groups in total. The van der Waals surface area contributed by atoms with Gasteiger partial charge in [-0.2, -0.15) is 18.2 Å². The van der Waals surface area contributed by atoms with Gasteiger partial charge >= 0.3 is 12.1 Å². The molecule has 0 aromatic carbocycles. The Kier molecular flexibility index (Phi) is 3.92. The second kappa shape index (κ2) is 6.03. The average molecular weight is 321 g/mol. The molecule has 3 aromatic heterocycles. The van der Waals surface area contributed by atoms with E-state index >= 15 is 0 Å². The Morgan fingerprint density at radius 3 is 2.48 bits per heavy atom. The van der Waals surface area contributed by atoms with Crippen LogP contribution in [0.3, 0.4) is 0 Å². The maximum Gasteiger partial charge on any atom is 0.471 e. The number of pyridine rings is 2. The molecular weight excluding hydrogens is 311 g/mol. The highest BCUT2D eigenvalue weighted by molar-refractivity contribution is 5.55. The molecule has 9 heteroatoms. The van der Waals surface area contributed by atoms with E-state index in [0.717, 1.165) is 5.56 Å². The minimum absolute atomic E-state index is 0.162. The highest BCUT2D eigenvalue weighted by Crippen LogP contribution is 2.29. The monoisotopic (exact) mass is 321 g/mol. The summed E-state index contributed by atoms with van der Waals surface area (Å²) in [6.45, 7) is 0.551. The van der Waals surface area contributed by atoms with Crippen molar-refractivity contribution in [1.82, 2.24) is 20.1 Å². The molecule has 3 rings (SSSR count). The van der Waals surface area contributed by atoms with E-state index in [9.17, 15) is 13.2 Å². The van der Waals surface area contributed by atoms with Crippen molar-refractivity contribution in [3.63, 3.8) is 0 Å². The molecule has 0 amide bonds. The standard InChI is InChI=1S/C14H10F3N5O/c15-14(16,17)13-21-12(22-23-13)10-1-2-11(20-8-10)19-7-9-3-5-18-6-4-9/h1-6,8H,7H2,(H,19,20). The van der Waals surface area contributed by atoms with Crippen LogP contribution in [-0.4, -0.2) is 20.1 Å². The Bertz CT molecular complexity index is 771. The summed E-state index contributed by atoms with van der Waals surface area (Å²) < 4.78 is 41.4. The third-order valence-corrected chi connectivity index (χ3v) is 2.91. The van der Waals surface area contributed by atoms with Crippen LogP contribution >= 0.6 is 0 Å². The van der Waals surface area contributed by atoms with E-state index in [2.05, 4.69) is 29.9 Å². The number of aromatic nitrogens is 4. The van der Waals surface area contributed by atoms with Gasteiger partial charge in [-0.05, 0) is 29.8 Å². The molecule has 0 radical (unpaired) electrons. The van der Waals surface area contributed by atoms with Gasteiger partial charge < -0.3 is 9.84 Å². The molecular formula is C14H10F3N5O. The molecule has 3 heterocycles. The molecule has 0 fully saturated rings.